The van der Waals surface area contributed by atoms with Crippen LogP contribution in [-0.4, -0.2) is 24.8 Å². The van der Waals surface area contributed by atoms with E-state index in [0.29, 0.717) is 11.5 Å². The normalized spacial score (nSPS) is 21.9. The van der Waals surface area contributed by atoms with Crippen LogP contribution in [0.25, 0.3) is 0 Å². The lowest BCUT2D eigenvalue weighted by Gasteiger charge is -2.47. The molecular weight excluding hydrogens is 246 g/mol. The molecule has 1 fully saturated rings. The van der Waals surface area contributed by atoms with Gasteiger partial charge in [0, 0.05) is 19.1 Å². The maximum absolute atomic E-state index is 6.29. The van der Waals surface area contributed by atoms with Gasteiger partial charge in [-0.1, -0.05) is 20.8 Å². The first-order valence-corrected chi connectivity index (χ1v) is 8.26. The minimum absolute atomic E-state index is 0.0106. The van der Waals surface area contributed by atoms with Gasteiger partial charge in [-0.2, -0.15) is 0 Å². The summed E-state index contributed by atoms with van der Waals surface area (Å²) < 4.78 is 6.29. The monoisotopic (exact) mass is 279 g/mol. The van der Waals surface area contributed by atoms with Crippen molar-refractivity contribution in [3.8, 4) is 11.8 Å². The molecule has 0 aromatic heterocycles. The number of rotatable bonds is 7. The molecule has 0 aromatic rings. The highest BCUT2D eigenvalue weighted by atomic mass is 16.5. The topological polar surface area (TPSA) is 21.3 Å². The summed E-state index contributed by atoms with van der Waals surface area (Å²) in [4.78, 5) is 0. The molecule has 1 unspecified atom stereocenters. The van der Waals surface area contributed by atoms with E-state index in [2.05, 4.69) is 44.9 Å². The van der Waals surface area contributed by atoms with Gasteiger partial charge < -0.3 is 10.1 Å². The second-order valence-electron chi connectivity index (χ2n) is 6.80. The zero-order valence-corrected chi connectivity index (χ0v) is 14.1. The molecule has 0 heterocycles. The van der Waals surface area contributed by atoms with Crippen molar-refractivity contribution in [1.29, 1.82) is 0 Å². The molecule has 20 heavy (non-hydrogen) atoms. The first-order chi connectivity index (χ1) is 9.49. The molecule has 1 aliphatic carbocycles. The van der Waals surface area contributed by atoms with E-state index in [1.54, 1.807) is 0 Å². The van der Waals surface area contributed by atoms with Gasteiger partial charge in [-0.3, -0.25) is 0 Å². The summed E-state index contributed by atoms with van der Waals surface area (Å²) in [6.45, 7) is 12.9. The highest BCUT2D eigenvalue weighted by Crippen LogP contribution is 2.44. The third-order valence-corrected chi connectivity index (χ3v) is 4.64. The van der Waals surface area contributed by atoms with Crippen LogP contribution < -0.4 is 5.32 Å². The molecule has 0 spiro atoms. The number of hydrogen-bond acceptors (Lipinski definition) is 2. The summed E-state index contributed by atoms with van der Waals surface area (Å²) in [5.41, 5.74) is 0.454. The molecule has 0 aromatic carbocycles. The van der Waals surface area contributed by atoms with Crippen molar-refractivity contribution in [2.45, 2.75) is 84.8 Å². The highest BCUT2D eigenvalue weighted by molar-refractivity contribution is 5.06. The van der Waals surface area contributed by atoms with Crippen molar-refractivity contribution in [3.05, 3.63) is 0 Å². The molecule has 1 N–H and O–H groups in total. The van der Waals surface area contributed by atoms with Crippen molar-refractivity contribution in [2.24, 2.45) is 5.41 Å². The van der Waals surface area contributed by atoms with Crippen molar-refractivity contribution in [1.82, 2.24) is 5.32 Å². The molecular formula is C18H33NO. The van der Waals surface area contributed by atoms with Crippen LogP contribution in [0.5, 0.6) is 0 Å². The SMILES string of the molecule is CC#CCC(NCCC)C1(OCC)CCC(C)(C)CC1. The molecule has 2 heteroatoms. The Morgan fingerprint density at radius 3 is 2.30 bits per heavy atom. The second kappa shape index (κ2) is 8.05. The second-order valence-corrected chi connectivity index (χ2v) is 6.80. The third-order valence-electron chi connectivity index (χ3n) is 4.64. The predicted octanol–water partition coefficient (Wildman–Crippen LogP) is 4.14. The van der Waals surface area contributed by atoms with Crippen molar-refractivity contribution in [2.75, 3.05) is 13.2 Å². The van der Waals surface area contributed by atoms with Crippen molar-refractivity contribution < 1.29 is 4.74 Å². The van der Waals surface area contributed by atoms with E-state index in [-0.39, 0.29) is 5.60 Å². The summed E-state index contributed by atoms with van der Waals surface area (Å²) in [6.07, 6.45) is 6.86. The largest absolute Gasteiger partial charge is 0.374 e. The van der Waals surface area contributed by atoms with E-state index >= 15 is 0 Å². The molecule has 2 nitrogen and oxygen atoms in total. The summed E-state index contributed by atoms with van der Waals surface area (Å²) in [7, 11) is 0. The minimum Gasteiger partial charge on any atom is -0.374 e. The van der Waals surface area contributed by atoms with Gasteiger partial charge in [0.05, 0.1) is 5.60 Å². The zero-order chi connectivity index (χ0) is 15.1. The quantitative estimate of drug-likeness (QED) is 0.707. The number of hydrogen-bond donors (Lipinski definition) is 1. The lowest BCUT2D eigenvalue weighted by molar-refractivity contribution is -0.105. The lowest BCUT2D eigenvalue weighted by Crippen LogP contribution is -2.55. The van der Waals surface area contributed by atoms with Crippen LogP contribution in [0, 0.1) is 17.3 Å². The van der Waals surface area contributed by atoms with Gasteiger partial charge in [-0.25, -0.2) is 0 Å². The zero-order valence-electron chi connectivity index (χ0n) is 14.1. The van der Waals surface area contributed by atoms with Gasteiger partial charge in [0.2, 0.25) is 0 Å². The van der Waals surface area contributed by atoms with Gasteiger partial charge in [0.15, 0.2) is 0 Å². The van der Waals surface area contributed by atoms with Crippen LogP contribution in [-0.2, 0) is 4.74 Å². The summed E-state index contributed by atoms with van der Waals surface area (Å²) in [5, 5.41) is 3.70. The third kappa shape index (κ3) is 4.79. The Morgan fingerprint density at radius 1 is 1.15 bits per heavy atom. The summed E-state index contributed by atoms with van der Waals surface area (Å²) in [5.74, 6) is 6.31. The average Bonchev–Trinajstić information content (AvgIpc) is 2.42. The van der Waals surface area contributed by atoms with Crippen LogP contribution in [0.15, 0.2) is 0 Å². The van der Waals surface area contributed by atoms with Crippen LogP contribution in [0.3, 0.4) is 0 Å². The van der Waals surface area contributed by atoms with Crippen LogP contribution in [0.2, 0.25) is 0 Å². The molecule has 1 rings (SSSR count). The van der Waals surface area contributed by atoms with E-state index in [1.807, 2.05) is 6.92 Å². The van der Waals surface area contributed by atoms with Crippen LogP contribution in [0.1, 0.15) is 73.1 Å². The Morgan fingerprint density at radius 2 is 1.80 bits per heavy atom. The predicted molar refractivity (Wildman–Crippen MR) is 86.8 cm³/mol. The molecule has 0 radical (unpaired) electrons. The molecule has 1 aliphatic rings. The number of ether oxygens (including phenoxy) is 1. The first kappa shape index (κ1) is 17.5. The maximum Gasteiger partial charge on any atom is 0.0844 e. The summed E-state index contributed by atoms with van der Waals surface area (Å²) >= 11 is 0. The van der Waals surface area contributed by atoms with Crippen molar-refractivity contribution in [3.63, 3.8) is 0 Å². The van der Waals surface area contributed by atoms with Gasteiger partial charge in [0.25, 0.3) is 0 Å². The Hall–Kier alpha value is -0.520. The Labute approximate surface area is 126 Å². The fourth-order valence-electron chi connectivity index (χ4n) is 3.20. The summed E-state index contributed by atoms with van der Waals surface area (Å²) in [6, 6.07) is 0.367. The van der Waals surface area contributed by atoms with Gasteiger partial charge in [-0.05, 0) is 57.9 Å². The molecule has 1 saturated carbocycles. The van der Waals surface area contributed by atoms with Crippen molar-refractivity contribution >= 4 is 0 Å². The lowest BCUT2D eigenvalue weighted by atomic mass is 9.68. The minimum atomic E-state index is -0.0106. The Kier molecular flexibility index (Phi) is 7.06. The van der Waals surface area contributed by atoms with Gasteiger partial charge >= 0.3 is 0 Å². The molecule has 1 atom stereocenters. The Bertz CT molecular complexity index is 327. The van der Waals surface area contributed by atoms with E-state index in [4.69, 9.17) is 4.74 Å². The molecule has 0 bridgehead atoms. The van der Waals surface area contributed by atoms with Crippen LogP contribution in [0.4, 0.5) is 0 Å². The smallest absolute Gasteiger partial charge is 0.0844 e. The van der Waals surface area contributed by atoms with Gasteiger partial charge in [-0.15, -0.1) is 11.8 Å². The van der Waals surface area contributed by atoms with E-state index in [0.717, 1.165) is 38.8 Å². The molecule has 0 saturated heterocycles. The fourth-order valence-corrected chi connectivity index (χ4v) is 3.20. The molecule has 0 aliphatic heterocycles. The molecule has 0 amide bonds. The van der Waals surface area contributed by atoms with Gasteiger partial charge in [0.1, 0.15) is 0 Å². The standard InChI is InChI=1S/C18H33NO/c1-6-9-10-16(19-15-7-2)18(20-8-3)13-11-17(4,5)12-14-18/h16,19H,7-8,10-15H2,1-5H3. The van der Waals surface area contributed by atoms with E-state index < -0.39 is 0 Å². The first-order valence-electron chi connectivity index (χ1n) is 8.26. The maximum atomic E-state index is 6.29. The van der Waals surface area contributed by atoms with E-state index in [1.165, 1.54) is 12.8 Å². The number of nitrogens with one attached hydrogen (secondary N) is 1. The Balaban J connectivity index is 2.84. The highest BCUT2D eigenvalue weighted by Gasteiger charge is 2.44. The average molecular weight is 279 g/mol. The van der Waals surface area contributed by atoms with Crippen LogP contribution >= 0.6 is 0 Å². The van der Waals surface area contributed by atoms with E-state index in [9.17, 15) is 0 Å². The fraction of sp³-hybridized carbons (Fsp3) is 0.889. The molecule has 116 valence electrons.